The Labute approximate surface area is 257 Å². The van der Waals surface area contributed by atoms with E-state index in [0.717, 1.165) is 34.6 Å². The third kappa shape index (κ3) is 6.58. The van der Waals surface area contributed by atoms with Crippen LogP contribution in [-0.4, -0.2) is 66.7 Å². The van der Waals surface area contributed by atoms with E-state index in [2.05, 4.69) is 15.6 Å². The number of carbonyl (C=O) groups is 3. The molecule has 4 aromatic rings. The van der Waals surface area contributed by atoms with Gasteiger partial charge < -0.3 is 30.2 Å². The molecule has 0 aliphatic carbocycles. The number of benzene rings is 3. The Morgan fingerprint density at radius 3 is 2.41 bits per heavy atom. The maximum Gasteiger partial charge on any atom is 0.256 e. The van der Waals surface area contributed by atoms with Gasteiger partial charge in [0.05, 0.1) is 16.8 Å². The quantitative estimate of drug-likeness (QED) is 0.204. The van der Waals surface area contributed by atoms with Gasteiger partial charge in [-0.3, -0.25) is 14.4 Å². The van der Waals surface area contributed by atoms with Gasteiger partial charge in [-0.2, -0.15) is 0 Å². The zero-order chi connectivity index (χ0) is 31.5. The van der Waals surface area contributed by atoms with Crippen LogP contribution in [0.25, 0.3) is 11.6 Å². The Morgan fingerprint density at radius 2 is 1.66 bits per heavy atom. The second kappa shape index (κ2) is 12.6. The summed E-state index contributed by atoms with van der Waals surface area (Å²) in [5.41, 5.74) is 6.95. The Hall–Kier alpha value is -5.15. The molecular weight excluding hydrogens is 554 g/mol. The average molecular weight is 592 g/mol. The number of aromatic nitrogens is 1. The molecule has 9 nitrogen and oxygen atoms in total. The number of ether oxygens (including phenoxy) is 1. The topological polar surface area (TPSA) is 107 Å². The number of hydrogen-bond acceptors (Lipinski definition) is 5. The molecule has 0 saturated carbocycles. The Kier molecular flexibility index (Phi) is 8.69. The minimum Gasteiger partial charge on any atom is -0.457 e. The Morgan fingerprint density at radius 1 is 0.909 bits per heavy atom. The molecule has 44 heavy (non-hydrogen) atoms. The monoisotopic (exact) mass is 591 g/mol. The summed E-state index contributed by atoms with van der Waals surface area (Å²) < 4.78 is 6.09. The predicted molar refractivity (Wildman–Crippen MR) is 174 cm³/mol. The number of aromatic amines is 1. The van der Waals surface area contributed by atoms with E-state index in [0.29, 0.717) is 46.1 Å². The number of hydrogen-bond donors (Lipinski definition) is 3. The number of rotatable bonds is 9. The molecule has 5 rings (SSSR count). The largest absolute Gasteiger partial charge is 0.457 e. The molecule has 226 valence electrons. The molecule has 3 amide bonds. The van der Waals surface area contributed by atoms with Crippen LogP contribution in [0.1, 0.15) is 48.8 Å². The first-order valence-electron chi connectivity index (χ1n) is 14.4. The number of likely N-dealkylation sites (N-methyl/N-ethyl adjacent to an activating group) is 2. The van der Waals surface area contributed by atoms with Gasteiger partial charge in [0.1, 0.15) is 11.5 Å². The van der Waals surface area contributed by atoms with E-state index in [1.54, 1.807) is 60.5 Å². The summed E-state index contributed by atoms with van der Waals surface area (Å²) in [6.45, 7) is 7.08. The smallest absolute Gasteiger partial charge is 0.256 e. The lowest BCUT2D eigenvalue weighted by atomic mass is 10.0. The van der Waals surface area contributed by atoms with E-state index in [4.69, 9.17) is 4.74 Å². The van der Waals surface area contributed by atoms with Gasteiger partial charge in [-0.1, -0.05) is 23.8 Å². The lowest BCUT2D eigenvalue weighted by Gasteiger charge is -2.20. The minimum absolute atomic E-state index is 0.0559. The molecule has 3 aromatic carbocycles. The predicted octanol–water partition coefficient (Wildman–Crippen LogP) is 6.11. The summed E-state index contributed by atoms with van der Waals surface area (Å²) in [5.74, 6) is 0.580. The van der Waals surface area contributed by atoms with Crippen molar-refractivity contribution >= 4 is 40.7 Å². The molecule has 1 aromatic heterocycles. The van der Waals surface area contributed by atoms with Crippen LogP contribution in [0, 0.1) is 20.8 Å². The van der Waals surface area contributed by atoms with E-state index < -0.39 is 0 Å². The second-order valence-electron chi connectivity index (χ2n) is 11.4. The minimum atomic E-state index is -0.236. The Balaban J connectivity index is 1.32. The molecule has 9 heteroatoms. The summed E-state index contributed by atoms with van der Waals surface area (Å²) in [4.78, 5) is 46.0. The number of aryl methyl sites for hydroxylation is 2. The van der Waals surface area contributed by atoms with Crippen LogP contribution in [0.3, 0.4) is 0 Å². The zero-order valence-corrected chi connectivity index (χ0v) is 25.9. The molecule has 0 unspecified atom stereocenters. The molecule has 3 N–H and O–H groups in total. The molecule has 1 aliphatic heterocycles. The van der Waals surface area contributed by atoms with Gasteiger partial charge in [0.15, 0.2) is 0 Å². The van der Waals surface area contributed by atoms with Gasteiger partial charge >= 0.3 is 0 Å². The summed E-state index contributed by atoms with van der Waals surface area (Å²) in [5, 5.41) is 5.84. The molecule has 0 spiro atoms. The molecule has 0 fully saturated rings. The number of nitrogens with one attached hydrogen (secondary N) is 3. The average Bonchev–Trinajstić information content (AvgIpc) is 3.44. The van der Waals surface area contributed by atoms with Crippen molar-refractivity contribution in [2.24, 2.45) is 0 Å². The van der Waals surface area contributed by atoms with Gasteiger partial charge in [0.25, 0.3) is 17.7 Å². The van der Waals surface area contributed by atoms with Crippen LogP contribution in [-0.2, 0) is 4.79 Å². The SMILES string of the molecule is Cc1cccc(C(=O)Nc2cccc(Oc3ccc4c(c3)NC(=O)C4=Cc3[nH]c(C)c(C(=O)N(C)CCN(C)C)c3C)c2)c1. The number of amides is 3. The number of nitrogens with zero attached hydrogens (tertiary/aromatic N) is 2. The van der Waals surface area contributed by atoms with Crippen LogP contribution in [0.4, 0.5) is 11.4 Å². The first-order chi connectivity index (χ1) is 21.0. The van der Waals surface area contributed by atoms with Crippen molar-refractivity contribution in [3.05, 3.63) is 106 Å². The van der Waals surface area contributed by atoms with Crippen LogP contribution in [0.5, 0.6) is 11.5 Å². The van der Waals surface area contributed by atoms with Crippen LogP contribution in [0.2, 0.25) is 0 Å². The highest BCUT2D eigenvalue weighted by Gasteiger charge is 2.27. The number of anilines is 2. The first-order valence-corrected chi connectivity index (χ1v) is 14.4. The maximum atomic E-state index is 13.2. The molecular formula is C35H37N5O4. The third-order valence-corrected chi connectivity index (χ3v) is 7.59. The van der Waals surface area contributed by atoms with Crippen molar-refractivity contribution in [1.82, 2.24) is 14.8 Å². The van der Waals surface area contributed by atoms with Gasteiger partial charge in [0.2, 0.25) is 0 Å². The lowest BCUT2D eigenvalue weighted by molar-refractivity contribution is -0.110. The molecule has 2 heterocycles. The second-order valence-corrected chi connectivity index (χ2v) is 11.4. The van der Waals surface area contributed by atoms with Crippen molar-refractivity contribution < 1.29 is 19.1 Å². The van der Waals surface area contributed by atoms with Crippen molar-refractivity contribution in [3.8, 4) is 11.5 Å². The van der Waals surface area contributed by atoms with E-state index in [1.165, 1.54) is 0 Å². The van der Waals surface area contributed by atoms with Crippen molar-refractivity contribution in [2.45, 2.75) is 20.8 Å². The van der Waals surface area contributed by atoms with E-state index in [-0.39, 0.29) is 17.7 Å². The molecule has 0 bridgehead atoms. The Bertz CT molecular complexity index is 1790. The van der Waals surface area contributed by atoms with Crippen molar-refractivity contribution in [2.75, 3.05) is 44.9 Å². The van der Waals surface area contributed by atoms with E-state index in [9.17, 15) is 14.4 Å². The third-order valence-electron chi connectivity index (χ3n) is 7.59. The van der Waals surface area contributed by atoms with E-state index >= 15 is 0 Å². The number of fused-ring (bicyclic) bond motifs is 1. The molecule has 0 radical (unpaired) electrons. The van der Waals surface area contributed by atoms with Gasteiger partial charge in [0, 0.05) is 60.5 Å². The zero-order valence-electron chi connectivity index (χ0n) is 25.9. The molecule has 1 aliphatic rings. The van der Waals surface area contributed by atoms with E-state index in [1.807, 2.05) is 64.0 Å². The van der Waals surface area contributed by atoms with Gasteiger partial charge in [-0.05, 0) is 82.9 Å². The fourth-order valence-electron chi connectivity index (χ4n) is 5.17. The highest BCUT2D eigenvalue weighted by atomic mass is 16.5. The van der Waals surface area contributed by atoms with Gasteiger partial charge in [-0.15, -0.1) is 0 Å². The van der Waals surface area contributed by atoms with Crippen molar-refractivity contribution in [3.63, 3.8) is 0 Å². The normalized spacial score (nSPS) is 13.2. The molecule has 0 saturated heterocycles. The summed E-state index contributed by atoms with van der Waals surface area (Å²) in [7, 11) is 5.75. The fourth-order valence-corrected chi connectivity index (χ4v) is 5.17. The fraction of sp³-hybridized carbons (Fsp3) is 0.229. The van der Waals surface area contributed by atoms with Crippen LogP contribution in [0.15, 0.2) is 66.7 Å². The summed E-state index contributed by atoms with van der Waals surface area (Å²) in [6.07, 6.45) is 1.79. The highest BCUT2D eigenvalue weighted by molar-refractivity contribution is 6.35. The maximum absolute atomic E-state index is 13.2. The standard InChI is InChI=1S/C35H37N5O4/c1-21-9-7-10-24(17-21)33(41)37-25-11-8-12-26(18-25)44-27-13-14-28-29(34(42)38-31(28)19-27)20-30-22(2)32(23(3)36-30)35(43)40(6)16-15-39(4)5/h7-14,17-20,36H,15-16H2,1-6H3,(H,37,41)(H,38,42). The summed E-state index contributed by atoms with van der Waals surface area (Å²) >= 11 is 0. The van der Waals surface area contributed by atoms with Crippen LogP contribution < -0.4 is 15.4 Å². The number of carbonyl (C=O) groups excluding carboxylic acids is 3. The van der Waals surface area contributed by atoms with Gasteiger partial charge in [-0.25, -0.2) is 0 Å². The lowest BCUT2D eigenvalue weighted by Crippen LogP contribution is -2.34. The first kappa shape index (κ1) is 30.3. The summed E-state index contributed by atoms with van der Waals surface area (Å²) in [6, 6.07) is 19.9. The van der Waals surface area contributed by atoms with Crippen LogP contribution >= 0.6 is 0 Å². The molecule has 0 atom stereocenters. The highest BCUT2D eigenvalue weighted by Crippen LogP contribution is 2.37. The van der Waals surface area contributed by atoms with Crippen molar-refractivity contribution in [1.29, 1.82) is 0 Å². The number of H-pyrrole nitrogens is 1.